The highest BCUT2D eigenvalue weighted by molar-refractivity contribution is 5.96. The Balaban J connectivity index is 2.12. The van der Waals surface area contributed by atoms with Crippen molar-refractivity contribution in [3.8, 4) is 0 Å². The maximum Gasteiger partial charge on any atom is 0.189 e. The van der Waals surface area contributed by atoms with Crippen LogP contribution in [0.5, 0.6) is 0 Å². The van der Waals surface area contributed by atoms with Crippen molar-refractivity contribution < 1.29 is 4.79 Å². The summed E-state index contributed by atoms with van der Waals surface area (Å²) in [6.07, 6.45) is 2.44. The Labute approximate surface area is 76.1 Å². The van der Waals surface area contributed by atoms with Crippen LogP contribution >= 0.6 is 0 Å². The van der Waals surface area contributed by atoms with Crippen molar-refractivity contribution in [1.29, 1.82) is 0 Å². The highest BCUT2D eigenvalue weighted by Crippen LogP contribution is 2.12. The van der Waals surface area contributed by atoms with Crippen LogP contribution in [0.15, 0.2) is 6.20 Å². The molecule has 5 heteroatoms. The standard InChI is InChI=1S/C8H12N4O/c1-12-10-5-7(11-12)8(13)6-2-3-9-4-6/h5-6,9H,2-4H2,1H3. The normalized spacial score (nSPS) is 22.1. The average Bonchev–Trinajstić information content (AvgIpc) is 2.72. The van der Waals surface area contributed by atoms with Gasteiger partial charge in [-0.25, -0.2) is 0 Å². The van der Waals surface area contributed by atoms with E-state index in [1.807, 2.05) is 0 Å². The number of aryl methyl sites for hydroxylation is 1. The maximum absolute atomic E-state index is 11.7. The van der Waals surface area contributed by atoms with Crippen LogP contribution in [0, 0.1) is 5.92 Å². The van der Waals surface area contributed by atoms with Gasteiger partial charge in [-0.15, -0.1) is 0 Å². The van der Waals surface area contributed by atoms with Gasteiger partial charge in [-0.3, -0.25) is 4.79 Å². The van der Waals surface area contributed by atoms with Crippen molar-refractivity contribution in [1.82, 2.24) is 20.3 Å². The first-order valence-electron chi connectivity index (χ1n) is 4.38. The summed E-state index contributed by atoms with van der Waals surface area (Å²) in [5, 5.41) is 11.0. The smallest absolute Gasteiger partial charge is 0.189 e. The topological polar surface area (TPSA) is 59.8 Å². The number of hydrogen-bond donors (Lipinski definition) is 1. The molecular weight excluding hydrogens is 168 g/mol. The van der Waals surface area contributed by atoms with Gasteiger partial charge in [-0.2, -0.15) is 15.0 Å². The van der Waals surface area contributed by atoms with Gasteiger partial charge in [0.05, 0.1) is 6.20 Å². The molecule has 1 unspecified atom stereocenters. The number of Topliss-reactive ketones (excluding diaryl/α,β-unsaturated/α-hetero) is 1. The molecule has 2 heterocycles. The fourth-order valence-corrected chi connectivity index (χ4v) is 1.55. The highest BCUT2D eigenvalue weighted by atomic mass is 16.1. The number of nitrogens with one attached hydrogen (secondary N) is 1. The molecule has 1 saturated heterocycles. The molecule has 0 aromatic carbocycles. The van der Waals surface area contributed by atoms with Gasteiger partial charge >= 0.3 is 0 Å². The zero-order chi connectivity index (χ0) is 9.26. The van der Waals surface area contributed by atoms with Gasteiger partial charge in [0.2, 0.25) is 0 Å². The van der Waals surface area contributed by atoms with E-state index in [1.54, 1.807) is 7.05 Å². The number of ketones is 1. The number of carbonyl (C=O) groups excluding carboxylic acids is 1. The average molecular weight is 180 g/mol. The zero-order valence-corrected chi connectivity index (χ0v) is 7.53. The van der Waals surface area contributed by atoms with E-state index in [1.165, 1.54) is 11.0 Å². The van der Waals surface area contributed by atoms with E-state index in [4.69, 9.17) is 0 Å². The van der Waals surface area contributed by atoms with E-state index in [0.717, 1.165) is 19.5 Å². The van der Waals surface area contributed by atoms with E-state index in [-0.39, 0.29) is 11.7 Å². The van der Waals surface area contributed by atoms with Crippen LogP contribution in [0.4, 0.5) is 0 Å². The molecular formula is C8H12N4O. The number of hydrogen-bond acceptors (Lipinski definition) is 4. The number of nitrogens with zero attached hydrogens (tertiary/aromatic N) is 3. The van der Waals surface area contributed by atoms with Gasteiger partial charge in [0, 0.05) is 19.5 Å². The number of carbonyl (C=O) groups is 1. The van der Waals surface area contributed by atoms with Crippen molar-refractivity contribution in [2.45, 2.75) is 6.42 Å². The number of aromatic nitrogens is 3. The molecule has 0 spiro atoms. The second-order valence-electron chi connectivity index (χ2n) is 3.27. The Morgan fingerprint density at radius 2 is 2.62 bits per heavy atom. The molecule has 5 nitrogen and oxygen atoms in total. The molecule has 1 aromatic heterocycles. The molecule has 0 saturated carbocycles. The quantitative estimate of drug-likeness (QED) is 0.629. The SMILES string of the molecule is Cn1ncc(C(=O)C2CCNC2)n1. The van der Waals surface area contributed by atoms with Gasteiger partial charge in [-0.05, 0) is 13.0 Å². The lowest BCUT2D eigenvalue weighted by atomic mass is 10.0. The number of rotatable bonds is 2. The van der Waals surface area contributed by atoms with Crippen molar-refractivity contribution in [2.75, 3.05) is 13.1 Å². The Kier molecular flexibility index (Phi) is 2.10. The van der Waals surface area contributed by atoms with Crippen molar-refractivity contribution in [2.24, 2.45) is 13.0 Å². The van der Waals surface area contributed by atoms with Gasteiger partial charge in [0.15, 0.2) is 5.78 Å². The van der Waals surface area contributed by atoms with Crippen LogP contribution < -0.4 is 5.32 Å². The van der Waals surface area contributed by atoms with Crippen LogP contribution in [0.2, 0.25) is 0 Å². The van der Waals surface area contributed by atoms with Gasteiger partial charge in [-0.1, -0.05) is 0 Å². The molecule has 13 heavy (non-hydrogen) atoms. The molecule has 1 aromatic rings. The van der Waals surface area contributed by atoms with Crippen LogP contribution in [0.25, 0.3) is 0 Å². The van der Waals surface area contributed by atoms with Crippen molar-refractivity contribution in [3.63, 3.8) is 0 Å². The molecule has 1 fully saturated rings. The maximum atomic E-state index is 11.7. The minimum atomic E-state index is 0.0942. The lowest BCUT2D eigenvalue weighted by molar-refractivity contribution is 0.0924. The van der Waals surface area contributed by atoms with E-state index in [9.17, 15) is 4.79 Å². The molecule has 1 aliphatic rings. The lowest BCUT2D eigenvalue weighted by Crippen LogP contribution is -2.18. The Hall–Kier alpha value is -1.23. The molecule has 0 aliphatic carbocycles. The molecule has 1 aliphatic heterocycles. The molecule has 0 radical (unpaired) electrons. The third kappa shape index (κ3) is 1.60. The second kappa shape index (κ2) is 3.26. The molecule has 2 rings (SSSR count). The monoisotopic (exact) mass is 180 g/mol. The fourth-order valence-electron chi connectivity index (χ4n) is 1.55. The van der Waals surface area contributed by atoms with Crippen molar-refractivity contribution >= 4 is 5.78 Å². The predicted octanol–water partition coefficient (Wildman–Crippen LogP) is -0.393. The Morgan fingerprint density at radius 3 is 3.15 bits per heavy atom. The summed E-state index contributed by atoms with van der Waals surface area (Å²) >= 11 is 0. The van der Waals surface area contributed by atoms with E-state index >= 15 is 0 Å². The molecule has 0 amide bonds. The second-order valence-corrected chi connectivity index (χ2v) is 3.27. The zero-order valence-electron chi connectivity index (χ0n) is 7.53. The van der Waals surface area contributed by atoms with Crippen molar-refractivity contribution in [3.05, 3.63) is 11.9 Å². The molecule has 1 N–H and O–H groups in total. The third-order valence-electron chi connectivity index (χ3n) is 2.28. The molecule has 70 valence electrons. The summed E-state index contributed by atoms with van der Waals surface area (Å²) in [4.78, 5) is 13.1. The summed E-state index contributed by atoms with van der Waals surface area (Å²) in [6.45, 7) is 1.70. The van der Waals surface area contributed by atoms with E-state index in [2.05, 4.69) is 15.5 Å². The first kappa shape index (κ1) is 8.37. The summed E-state index contributed by atoms with van der Waals surface area (Å²) < 4.78 is 0. The predicted molar refractivity (Wildman–Crippen MR) is 46.3 cm³/mol. The lowest BCUT2D eigenvalue weighted by Gasteiger charge is -2.02. The van der Waals surface area contributed by atoms with E-state index in [0.29, 0.717) is 5.69 Å². The largest absolute Gasteiger partial charge is 0.316 e. The molecule has 1 atom stereocenters. The first-order chi connectivity index (χ1) is 6.27. The Bertz CT molecular complexity index is 314. The summed E-state index contributed by atoms with van der Waals surface area (Å²) in [5.41, 5.74) is 0.483. The third-order valence-corrected chi connectivity index (χ3v) is 2.28. The minimum Gasteiger partial charge on any atom is -0.316 e. The van der Waals surface area contributed by atoms with E-state index < -0.39 is 0 Å². The Morgan fingerprint density at radius 1 is 1.77 bits per heavy atom. The van der Waals surface area contributed by atoms with Gasteiger partial charge < -0.3 is 5.32 Å². The van der Waals surface area contributed by atoms with Crippen LogP contribution in [-0.2, 0) is 7.05 Å². The van der Waals surface area contributed by atoms with Crippen LogP contribution in [0.1, 0.15) is 16.9 Å². The molecule has 0 bridgehead atoms. The van der Waals surface area contributed by atoms with Gasteiger partial charge in [0.1, 0.15) is 5.69 Å². The fraction of sp³-hybridized carbons (Fsp3) is 0.625. The summed E-state index contributed by atoms with van der Waals surface area (Å²) in [7, 11) is 1.71. The van der Waals surface area contributed by atoms with Crippen LogP contribution in [-0.4, -0.2) is 33.9 Å². The van der Waals surface area contributed by atoms with Gasteiger partial charge in [0.25, 0.3) is 0 Å². The first-order valence-corrected chi connectivity index (χ1v) is 4.38. The minimum absolute atomic E-state index is 0.0942. The summed E-state index contributed by atoms with van der Waals surface area (Å²) in [6, 6.07) is 0. The van der Waals surface area contributed by atoms with Crippen LogP contribution in [0.3, 0.4) is 0 Å². The highest BCUT2D eigenvalue weighted by Gasteiger charge is 2.25. The summed E-state index contributed by atoms with van der Waals surface area (Å²) in [5.74, 6) is 0.204.